The van der Waals surface area contributed by atoms with E-state index in [0.717, 1.165) is 21.9 Å². The number of rotatable bonds is 6. The largest absolute Gasteiger partial charge is 0.489 e. The number of aromatic nitrogens is 1. The highest BCUT2D eigenvalue weighted by atomic mass is 16.7. The van der Waals surface area contributed by atoms with E-state index in [-0.39, 0.29) is 6.61 Å². The molecule has 0 N–H and O–H groups in total. The van der Waals surface area contributed by atoms with Crippen LogP contribution >= 0.6 is 0 Å². The summed E-state index contributed by atoms with van der Waals surface area (Å²) in [7, 11) is 2.71. The van der Waals surface area contributed by atoms with E-state index in [1.165, 1.54) is 14.2 Å². The minimum Gasteiger partial charge on any atom is -0.489 e. The molecular formula is C21H20N2O4. The van der Waals surface area contributed by atoms with Gasteiger partial charge in [-0.15, -0.1) is 0 Å². The minimum atomic E-state index is -0.609. The van der Waals surface area contributed by atoms with Crippen molar-refractivity contribution in [1.82, 2.24) is 4.98 Å². The standard InChI is InChI=1S/C21H20N2O4/c1-25-21(24)23(26-2)20-12-4-3-8-17(20)15-27-18-10-7-9-16(14-18)19-11-5-6-13-22-19/h3-14H,15H2,1-2H3. The quantitative estimate of drug-likeness (QED) is 0.604. The molecule has 1 heterocycles. The summed E-state index contributed by atoms with van der Waals surface area (Å²) in [5.41, 5.74) is 3.19. The molecule has 3 aromatic rings. The number of ether oxygens (including phenoxy) is 2. The predicted molar refractivity (Wildman–Crippen MR) is 102 cm³/mol. The second-order valence-electron chi connectivity index (χ2n) is 5.61. The molecule has 0 aliphatic rings. The van der Waals surface area contributed by atoms with Crippen molar-refractivity contribution >= 4 is 11.8 Å². The van der Waals surface area contributed by atoms with Crippen LogP contribution in [0.25, 0.3) is 11.3 Å². The second-order valence-corrected chi connectivity index (χ2v) is 5.61. The molecule has 0 aliphatic heterocycles. The number of carbonyl (C=O) groups excluding carboxylic acids is 1. The van der Waals surface area contributed by atoms with Crippen LogP contribution in [0.3, 0.4) is 0 Å². The van der Waals surface area contributed by atoms with Gasteiger partial charge in [0.25, 0.3) is 0 Å². The van der Waals surface area contributed by atoms with Crippen LogP contribution in [0.5, 0.6) is 5.75 Å². The Bertz CT molecular complexity index is 899. The van der Waals surface area contributed by atoms with Crippen molar-refractivity contribution in [3.63, 3.8) is 0 Å². The summed E-state index contributed by atoms with van der Waals surface area (Å²) in [4.78, 5) is 21.4. The first kappa shape index (κ1) is 18.4. The molecule has 0 spiro atoms. The maximum absolute atomic E-state index is 11.9. The van der Waals surface area contributed by atoms with Gasteiger partial charge >= 0.3 is 6.09 Å². The lowest BCUT2D eigenvalue weighted by atomic mass is 10.1. The van der Waals surface area contributed by atoms with Crippen LogP contribution in [0.2, 0.25) is 0 Å². The second kappa shape index (κ2) is 8.82. The molecule has 0 aliphatic carbocycles. The molecule has 1 amide bonds. The Kier molecular flexibility index (Phi) is 6.02. The van der Waals surface area contributed by atoms with E-state index < -0.39 is 6.09 Å². The van der Waals surface area contributed by atoms with Gasteiger partial charge in [0.05, 0.1) is 25.6 Å². The van der Waals surface area contributed by atoms with Gasteiger partial charge in [0, 0.05) is 17.3 Å². The Morgan fingerprint density at radius 1 is 1.00 bits per heavy atom. The number of anilines is 1. The topological polar surface area (TPSA) is 60.9 Å². The number of pyridine rings is 1. The van der Waals surface area contributed by atoms with Crippen LogP contribution < -0.4 is 9.80 Å². The zero-order valence-electron chi connectivity index (χ0n) is 15.2. The Morgan fingerprint density at radius 3 is 2.56 bits per heavy atom. The lowest BCUT2D eigenvalue weighted by Gasteiger charge is -2.21. The van der Waals surface area contributed by atoms with Crippen molar-refractivity contribution < 1.29 is 19.1 Å². The normalized spacial score (nSPS) is 10.3. The van der Waals surface area contributed by atoms with E-state index in [1.807, 2.05) is 60.7 Å². The van der Waals surface area contributed by atoms with E-state index in [2.05, 4.69) is 4.98 Å². The first-order valence-electron chi connectivity index (χ1n) is 8.37. The molecule has 0 saturated heterocycles. The number of hydroxylamine groups is 1. The van der Waals surface area contributed by atoms with Crippen LogP contribution in [0, 0.1) is 0 Å². The minimum absolute atomic E-state index is 0.263. The van der Waals surface area contributed by atoms with Gasteiger partial charge in [-0.2, -0.15) is 5.06 Å². The number of benzene rings is 2. The number of carbonyl (C=O) groups is 1. The SMILES string of the molecule is COC(=O)N(OC)c1ccccc1COc1cccc(-c2ccccn2)c1. The Hall–Kier alpha value is -3.38. The van der Waals surface area contributed by atoms with E-state index in [4.69, 9.17) is 14.3 Å². The van der Waals surface area contributed by atoms with E-state index >= 15 is 0 Å². The Balaban J connectivity index is 1.79. The Labute approximate surface area is 157 Å². The molecule has 0 radical (unpaired) electrons. The molecule has 6 heteroatoms. The molecule has 0 saturated carbocycles. The molecule has 6 nitrogen and oxygen atoms in total. The summed E-state index contributed by atoms with van der Waals surface area (Å²) in [5.74, 6) is 0.704. The molecule has 1 aromatic heterocycles. The van der Waals surface area contributed by atoms with Crippen molar-refractivity contribution in [2.75, 3.05) is 19.3 Å². The summed E-state index contributed by atoms with van der Waals surface area (Å²) in [5, 5.41) is 1.09. The molecule has 0 unspecified atom stereocenters. The number of hydrogen-bond acceptors (Lipinski definition) is 5. The van der Waals surface area contributed by atoms with Crippen molar-refractivity contribution in [2.45, 2.75) is 6.61 Å². The first-order chi connectivity index (χ1) is 13.2. The Morgan fingerprint density at radius 2 is 1.81 bits per heavy atom. The van der Waals surface area contributed by atoms with Crippen molar-refractivity contribution in [3.05, 3.63) is 78.5 Å². The molecule has 3 rings (SSSR count). The number of amides is 1. The predicted octanol–water partition coefficient (Wildman–Crippen LogP) is 4.46. The lowest BCUT2D eigenvalue weighted by molar-refractivity contribution is 0.115. The number of nitrogens with zero attached hydrogens (tertiary/aromatic N) is 2. The summed E-state index contributed by atoms with van der Waals surface area (Å²) < 4.78 is 10.7. The highest BCUT2D eigenvalue weighted by Gasteiger charge is 2.19. The van der Waals surface area contributed by atoms with Gasteiger partial charge in [0.15, 0.2) is 0 Å². The van der Waals surface area contributed by atoms with Crippen LogP contribution in [0.1, 0.15) is 5.56 Å². The van der Waals surface area contributed by atoms with E-state index in [9.17, 15) is 4.79 Å². The third-order valence-corrected chi connectivity index (χ3v) is 3.92. The van der Waals surface area contributed by atoms with Gasteiger partial charge in [-0.3, -0.25) is 9.82 Å². The third kappa shape index (κ3) is 4.43. The monoisotopic (exact) mass is 364 g/mol. The van der Waals surface area contributed by atoms with Crippen LogP contribution in [-0.2, 0) is 16.2 Å². The zero-order valence-corrected chi connectivity index (χ0v) is 15.2. The van der Waals surface area contributed by atoms with Crippen molar-refractivity contribution in [2.24, 2.45) is 0 Å². The highest BCUT2D eigenvalue weighted by Crippen LogP contribution is 2.25. The molecule has 138 valence electrons. The van der Waals surface area contributed by atoms with E-state index in [1.54, 1.807) is 12.3 Å². The number of hydrogen-bond donors (Lipinski definition) is 0. The summed E-state index contributed by atoms with van der Waals surface area (Å²) in [6.45, 7) is 0.263. The zero-order chi connectivity index (χ0) is 19.1. The fourth-order valence-electron chi connectivity index (χ4n) is 2.62. The summed E-state index contributed by atoms with van der Waals surface area (Å²) in [6.07, 6.45) is 1.15. The van der Waals surface area contributed by atoms with Gasteiger partial charge in [-0.25, -0.2) is 4.79 Å². The molecule has 0 atom stereocenters. The highest BCUT2D eigenvalue weighted by molar-refractivity contribution is 5.86. The maximum Gasteiger partial charge on any atom is 0.438 e. The average molecular weight is 364 g/mol. The number of para-hydroxylation sites is 1. The van der Waals surface area contributed by atoms with E-state index in [0.29, 0.717) is 11.4 Å². The van der Waals surface area contributed by atoms with Gasteiger partial charge in [-0.1, -0.05) is 36.4 Å². The van der Waals surface area contributed by atoms with Crippen LogP contribution in [0.15, 0.2) is 72.9 Å². The molecular weight excluding hydrogens is 344 g/mol. The first-order valence-corrected chi connectivity index (χ1v) is 8.37. The van der Waals surface area contributed by atoms with Gasteiger partial charge in [-0.05, 0) is 30.3 Å². The van der Waals surface area contributed by atoms with Crippen molar-refractivity contribution in [3.8, 4) is 17.0 Å². The molecule has 0 fully saturated rings. The van der Waals surface area contributed by atoms with Gasteiger partial charge < -0.3 is 9.47 Å². The van der Waals surface area contributed by atoms with Crippen LogP contribution in [0.4, 0.5) is 10.5 Å². The maximum atomic E-state index is 11.9. The molecule has 0 bridgehead atoms. The fraction of sp³-hybridized carbons (Fsp3) is 0.143. The smallest absolute Gasteiger partial charge is 0.438 e. The summed E-state index contributed by atoms with van der Waals surface area (Å²) in [6, 6.07) is 20.8. The fourth-order valence-corrected chi connectivity index (χ4v) is 2.62. The van der Waals surface area contributed by atoms with Gasteiger partial charge in [0.1, 0.15) is 12.4 Å². The average Bonchev–Trinajstić information content (AvgIpc) is 2.74. The number of methoxy groups -OCH3 is 1. The van der Waals surface area contributed by atoms with Crippen molar-refractivity contribution in [1.29, 1.82) is 0 Å². The lowest BCUT2D eigenvalue weighted by Crippen LogP contribution is -2.30. The molecule has 27 heavy (non-hydrogen) atoms. The summed E-state index contributed by atoms with van der Waals surface area (Å²) >= 11 is 0. The van der Waals surface area contributed by atoms with Gasteiger partial charge in [0.2, 0.25) is 0 Å². The molecule has 2 aromatic carbocycles. The third-order valence-electron chi connectivity index (χ3n) is 3.92. The van der Waals surface area contributed by atoms with Crippen LogP contribution in [-0.4, -0.2) is 25.3 Å².